The summed E-state index contributed by atoms with van der Waals surface area (Å²) >= 11 is 12.9. The van der Waals surface area contributed by atoms with E-state index < -0.39 is 0 Å². The van der Waals surface area contributed by atoms with Gasteiger partial charge in [-0.3, -0.25) is 9.79 Å². The molecule has 5 nitrogen and oxygen atoms in total. The van der Waals surface area contributed by atoms with Crippen molar-refractivity contribution in [2.45, 2.75) is 13.3 Å². The van der Waals surface area contributed by atoms with Crippen LogP contribution in [-0.4, -0.2) is 38.8 Å². The first-order valence-corrected chi connectivity index (χ1v) is 10.4. The lowest BCUT2D eigenvalue weighted by atomic mass is 9.98. The first-order valence-electron chi connectivity index (χ1n) is 9.60. The second kappa shape index (κ2) is 10.4. The number of benzene rings is 2. The number of ether oxygens (including phenoxy) is 2. The number of hydrogen-bond acceptors (Lipinski definition) is 5. The number of ketones is 1. The summed E-state index contributed by atoms with van der Waals surface area (Å²) in [6.07, 6.45) is 2.27. The molecule has 1 heterocycles. The van der Waals surface area contributed by atoms with Crippen molar-refractivity contribution in [1.29, 1.82) is 0 Å². The second-order valence-corrected chi connectivity index (χ2v) is 7.53. The van der Waals surface area contributed by atoms with E-state index in [1.165, 1.54) is 14.2 Å². The summed E-state index contributed by atoms with van der Waals surface area (Å²) in [4.78, 5) is 16.6. The van der Waals surface area contributed by atoms with Crippen molar-refractivity contribution in [2.75, 3.05) is 32.6 Å². The van der Waals surface area contributed by atoms with Crippen LogP contribution in [0.4, 0.5) is 5.69 Å². The highest BCUT2D eigenvalue weighted by atomic mass is 35.5. The van der Waals surface area contributed by atoms with Gasteiger partial charge in [0.25, 0.3) is 0 Å². The lowest BCUT2D eigenvalue weighted by Gasteiger charge is -2.16. The number of halogens is 2. The summed E-state index contributed by atoms with van der Waals surface area (Å²) in [5.74, 6) is 6.06. The topological polar surface area (TPSA) is 59.9 Å². The first kappa shape index (κ1) is 22.7. The third kappa shape index (κ3) is 5.22. The van der Waals surface area contributed by atoms with Crippen molar-refractivity contribution >= 4 is 40.4 Å². The molecule has 1 aliphatic rings. The summed E-state index contributed by atoms with van der Waals surface area (Å²) in [7, 11) is 3.07. The maximum absolute atomic E-state index is 12.0. The molecule has 0 atom stereocenters. The summed E-state index contributed by atoms with van der Waals surface area (Å²) in [6, 6.07) is 9.39. The maximum Gasteiger partial charge on any atom is 0.209 e. The Morgan fingerprint density at radius 2 is 1.84 bits per heavy atom. The summed E-state index contributed by atoms with van der Waals surface area (Å²) in [5, 5.41) is 4.04. The van der Waals surface area contributed by atoms with Crippen LogP contribution in [0.5, 0.6) is 11.5 Å². The minimum atomic E-state index is -0.115. The van der Waals surface area contributed by atoms with Crippen LogP contribution in [0.1, 0.15) is 18.1 Å². The molecule has 0 saturated carbocycles. The number of carbonyl (C=O) groups is 1. The van der Waals surface area contributed by atoms with Gasteiger partial charge in [-0.2, -0.15) is 0 Å². The molecule has 2 aromatic rings. The van der Waals surface area contributed by atoms with E-state index in [-0.39, 0.29) is 12.2 Å². The molecular weight excluding hydrogens is 435 g/mol. The molecule has 0 radical (unpaired) electrons. The second-order valence-electron chi connectivity index (χ2n) is 6.77. The van der Waals surface area contributed by atoms with E-state index in [0.29, 0.717) is 40.3 Å². The Hall–Kier alpha value is -2.94. The fourth-order valence-corrected chi connectivity index (χ4v) is 3.90. The van der Waals surface area contributed by atoms with Crippen molar-refractivity contribution in [1.82, 2.24) is 0 Å². The molecule has 31 heavy (non-hydrogen) atoms. The molecular formula is C24H22Cl2N2O3. The number of anilines is 1. The molecule has 3 rings (SSSR count). The standard InChI is InChI=1S/C24H22Cl2N2O3/c1-4-7-17(29)11-16-8-5-6-9-18(16)19-10-15(13-27-19)14-28-24-22(25)20(30-2)12-21(31-3)23(24)26/h5-6,8-10,12,28H,11,13-14H2,1-3H3. The minimum absolute atomic E-state index is 0.115. The van der Waals surface area contributed by atoms with Gasteiger partial charge in [-0.1, -0.05) is 53.4 Å². The zero-order chi connectivity index (χ0) is 22.4. The number of nitrogens with one attached hydrogen (secondary N) is 1. The molecule has 0 amide bonds. The van der Waals surface area contributed by atoms with Gasteiger partial charge in [0.2, 0.25) is 5.78 Å². The van der Waals surface area contributed by atoms with Gasteiger partial charge in [0.05, 0.1) is 32.2 Å². The van der Waals surface area contributed by atoms with Crippen molar-refractivity contribution in [3.05, 3.63) is 63.2 Å². The van der Waals surface area contributed by atoms with Crippen molar-refractivity contribution in [3.8, 4) is 23.3 Å². The number of Topliss-reactive ketones (excluding diaryl/α,β-unsaturated/α-hetero) is 1. The third-order valence-electron chi connectivity index (χ3n) is 4.77. The Balaban J connectivity index is 1.78. The Morgan fingerprint density at radius 1 is 1.16 bits per heavy atom. The van der Waals surface area contributed by atoms with E-state index in [4.69, 9.17) is 32.7 Å². The highest BCUT2D eigenvalue weighted by Gasteiger charge is 2.19. The van der Waals surface area contributed by atoms with Crippen molar-refractivity contribution in [2.24, 2.45) is 4.99 Å². The van der Waals surface area contributed by atoms with Gasteiger partial charge in [0, 0.05) is 24.6 Å². The van der Waals surface area contributed by atoms with Gasteiger partial charge in [0.1, 0.15) is 21.5 Å². The quantitative estimate of drug-likeness (QED) is 0.449. The molecule has 0 aromatic heterocycles. The predicted octanol–water partition coefficient (Wildman–Crippen LogP) is 4.99. The summed E-state index contributed by atoms with van der Waals surface area (Å²) in [5.41, 5.74) is 4.27. The Bertz CT molecular complexity index is 1100. The van der Waals surface area contributed by atoms with Crippen LogP contribution in [0, 0.1) is 11.8 Å². The molecule has 0 spiro atoms. The fourth-order valence-electron chi connectivity index (χ4n) is 3.26. The zero-order valence-electron chi connectivity index (χ0n) is 17.5. The summed E-state index contributed by atoms with van der Waals surface area (Å²) in [6.45, 7) is 2.68. The van der Waals surface area contributed by atoms with Gasteiger partial charge in [-0.15, -0.1) is 0 Å². The van der Waals surface area contributed by atoms with Gasteiger partial charge in [0.15, 0.2) is 0 Å². The van der Waals surface area contributed by atoms with Gasteiger partial charge in [-0.05, 0) is 30.1 Å². The molecule has 0 aliphatic carbocycles. The summed E-state index contributed by atoms with van der Waals surface area (Å²) < 4.78 is 10.6. The maximum atomic E-state index is 12.0. The number of aliphatic imine (C=N–C) groups is 1. The van der Waals surface area contributed by atoms with Crippen LogP contribution in [0.3, 0.4) is 0 Å². The van der Waals surface area contributed by atoms with Crippen molar-refractivity contribution < 1.29 is 14.3 Å². The molecule has 0 saturated heterocycles. The van der Waals surface area contributed by atoms with Crippen LogP contribution in [0.15, 0.2) is 47.0 Å². The fraction of sp³-hybridized carbons (Fsp3) is 0.250. The van der Waals surface area contributed by atoms with E-state index in [2.05, 4.69) is 22.2 Å². The number of rotatable bonds is 8. The number of carbonyl (C=O) groups excluding carboxylic acids is 1. The SMILES string of the molecule is CC#CC(=O)Cc1ccccc1C1=NCC(CNc2c(Cl)c(OC)cc(OC)c2Cl)=C1. The van der Waals surface area contributed by atoms with E-state index in [0.717, 1.165) is 22.4 Å². The average molecular weight is 457 g/mol. The van der Waals surface area contributed by atoms with Gasteiger partial charge in [-0.25, -0.2) is 0 Å². The molecule has 1 aliphatic heterocycles. The molecule has 0 unspecified atom stereocenters. The highest BCUT2D eigenvalue weighted by molar-refractivity contribution is 6.41. The predicted molar refractivity (Wildman–Crippen MR) is 126 cm³/mol. The molecule has 0 bridgehead atoms. The molecule has 2 aromatic carbocycles. The molecule has 7 heteroatoms. The lowest BCUT2D eigenvalue weighted by Crippen LogP contribution is -2.08. The van der Waals surface area contributed by atoms with E-state index in [9.17, 15) is 4.79 Å². The van der Waals surface area contributed by atoms with Crippen LogP contribution < -0.4 is 14.8 Å². The van der Waals surface area contributed by atoms with Crippen LogP contribution in [-0.2, 0) is 11.2 Å². The van der Waals surface area contributed by atoms with Crippen LogP contribution >= 0.6 is 23.2 Å². The first-order chi connectivity index (χ1) is 15.0. The number of allylic oxidation sites excluding steroid dienone is 1. The van der Waals surface area contributed by atoms with Crippen LogP contribution in [0.25, 0.3) is 0 Å². The Labute approximate surface area is 192 Å². The van der Waals surface area contributed by atoms with Gasteiger partial charge >= 0.3 is 0 Å². The van der Waals surface area contributed by atoms with E-state index in [1.54, 1.807) is 13.0 Å². The van der Waals surface area contributed by atoms with E-state index >= 15 is 0 Å². The number of methoxy groups -OCH3 is 2. The van der Waals surface area contributed by atoms with Gasteiger partial charge < -0.3 is 14.8 Å². The Morgan fingerprint density at radius 3 is 2.48 bits per heavy atom. The third-order valence-corrected chi connectivity index (χ3v) is 5.52. The monoisotopic (exact) mass is 456 g/mol. The molecule has 160 valence electrons. The minimum Gasteiger partial charge on any atom is -0.495 e. The number of hydrogen-bond donors (Lipinski definition) is 1. The zero-order valence-corrected chi connectivity index (χ0v) is 19.0. The Kier molecular flexibility index (Phi) is 7.62. The normalized spacial score (nSPS) is 12.4. The highest BCUT2D eigenvalue weighted by Crippen LogP contribution is 2.44. The largest absolute Gasteiger partial charge is 0.495 e. The molecule has 1 N–H and O–H groups in total. The smallest absolute Gasteiger partial charge is 0.209 e. The number of nitrogens with zero attached hydrogens (tertiary/aromatic N) is 1. The van der Waals surface area contributed by atoms with Crippen LogP contribution in [0.2, 0.25) is 10.0 Å². The van der Waals surface area contributed by atoms with Crippen molar-refractivity contribution in [3.63, 3.8) is 0 Å². The lowest BCUT2D eigenvalue weighted by molar-refractivity contribution is -0.113. The van der Waals surface area contributed by atoms with E-state index in [1.807, 2.05) is 30.3 Å². The molecule has 0 fully saturated rings. The average Bonchev–Trinajstić information content (AvgIpc) is 3.23.